The van der Waals surface area contributed by atoms with E-state index in [0.29, 0.717) is 0 Å². The summed E-state index contributed by atoms with van der Waals surface area (Å²) in [6.45, 7) is 10.3. The predicted octanol–water partition coefficient (Wildman–Crippen LogP) is 1.93. The number of nitrogens with one attached hydrogen (secondary N) is 2. The number of carbonyl (C=O) groups excluding carboxylic acids is 1. The zero-order valence-electron chi connectivity index (χ0n) is 12.7. The quantitative estimate of drug-likeness (QED) is 0.882. The summed E-state index contributed by atoms with van der Waals surface area (Å²) in [5.41, 5.74) is 3.16. The minimum Gasteiger partial charge on any atom is -0.369 e. The van der Waals surface area contributed by atoms with E-state index in [1.54, 1.807) is 0 Å². The summed E-state index contributed by atoms with van der Waals surface area (Å²) >= 11 is 0. The number of hydrogen-bond acceptors (Lipinski definition) is 3. The van der Waals surface area contributed by atoms with Crippen molar-refractivity contribution in [2.45, 2.75) is 33.2 Å². The molecule has 4 heteroatoms. The number of amides is 1. The molecular weight excluding hydrogens is 250 g/mol. The van der Waals surface area contributed by atoms with Crippen LogP contribution in [0, 0.1) is 6.92 Å². The second-order valence-electron chi connectivity index (χ2n) is 5.52. The molecule has 2 N–H and O–H groups in total. The number of nitrogens with zero attached hydrogens (tertiary/aromatic N) is 1. The number of anilines is 1. The maximum atomic E-state index is 12.1. The summed E-state index contributed by atoms with van der Waals surface area (Å²) in [6, 6.07) is 6.22. The standard InChI is InChI=1S/C16H25N3O/c1-4-13(3)18-16(20)14-5-6-15(12(2)11-14)19-9-7-17-8-10-19/h5-6,11,13,17H,4,7-10H2,1-3H3,(H,18,20). The van der Waals surface area contributed by atoms with E-state index < -0.39 is 0 Å². The summed E-state index contributed by atoms with van der Waals surface area (Å²) in [7, 11) is 0. The predicted molar refractivity (Wildman–Crippen MR) is 83.5 cm³/mol. The van der Waals surface area contributed by atoms with Gasteiger partial charge in [0.25, 0.3) is 5.91 Å². The first-order chi connectivity index (χ1) is 9.61. The summed E-state index contributed by atoms with van der Waals surface area (Å²) in [5.74, 6) is 0.0225. The molecule has 2 rings (SSSR count). The number of benzene rings is 1. The number of hydrogen-bond donors (Lipinski definition) is 2. The Morgan fingerprint density at radius 2 is 2.10 bits per heavy atom. The van der Waals surface area contributed by atoms with E-state index in [2.05, 4.69) is 35.4 Å². The molecule has 0 radical (unpaired) electrons. The molecular formula is C16H25N3O. The maximum Gasteiger partial charge on any atom is 0.251 e. The molecule has 0 spiro atoms. The molecule has 1 aliphatic rings. The largest absolute Gasteiger partial charge is 0.369 e. The Labute approximate surface area is 121 Å². The van der Waals surface area contributed by atoms with Gasteiger partial charge in [-0.25, -0.2) is 0 Å². The highest BCUT2D eigenvalue weighted by molar-refractivity contribution is 5.95. The van der Waals surface area contributed by atoms with Gasteiger partial charge in [0.05, 0.1) is 0 Å². The maximum absolute atomic E-state index is 12.1. The molecule has 1 fully saturated rings. The van der Waals surface area contributed by atoms with Crippen molar-refractivity contribution < 1.29 is 4.79 Å². The Kier molecular flexibility index (Phi) is 5.01. The van der Waals surface area contributed by atoms with Crippen LogP contribution in [0.15, 0.2) is 18.2 Å². The zero-order chi connectivity index (χ0) is 14.5. The number of carbonyl (C=O) groups is 1. The molecule has 1 unspecified atom stereocenters. The molecule has 110 valence electrons. The van der Waals surface area contributed by atoms with E-state index in [-0.39, 0.29) is 11.9 Å². The van der Waals surface area contributed by atoms with Crippen molar-refractivity contribution in [3.05, 3.63) is 29.3 Å². The average Bonchev–Trinajstić information content (AvgIpc) is 2.47. The summed E-state index contributed by atoms with van der Waals surface area (Å²) in [4.78, 5) is 14.5. The fourth-order valence-corrected chi connectivity index (χ4v) is 2.47. The molecule has 0 aromatic heterocycles. The van der Waals surface area contributed by atoms with E-state index in [4.69, 9.17) is 0 Å². The van der Waals surface area contributed by atoms with Gasteiger partial charge in [-0.05, 0) is 44.0 Å². The van der Waals surface area contributed by atoms with Gasteiger partial charge in [0.1, 0.15) is 0 Å². The highest BCUT2D eigenvalue weighted by atomic mass is 16.1. The molecule has 1 saturated heterocycles. The van der Waals surface area contributed by atoms with Crippen LogP contribution < -0.4 is 15.5 Å². The van der Waals surface area contributed by atoms with E-state index in [0.717, 1.165) is 38.2 Å². The van der Waals surface area contributed by atoms with Crippen molar-refractivity contribution in [3.63, 3.8) is 0 Å². The fraction of sp³-hybridized carbons (Fsp3) is 0.562. The lowest BCUT2D eigenvalue weighted by molar-refractivity contribution is 0.0939. The van der Waals surface area contributed by atoms with Gasteiger partial charge >= 0.3 is 0 Å². The first-order valence-electron chi connectivity index (χ1n) is 7.49. The third kappa shape index (κ3) is 3.51. The Bertz CT molecular complexity index is 467. The van der Waals surface area contributed by atoms with Gasteiger partial charge in [-0.1, -0.05) is 6.92 Å². The first-order valence-corrected chi connectivity index (χ1v) is 7.49. The smallest absolute Gasteiger partial charge is 0.251 e. The molecule has 0 bridgehead atoms. The molecule has 1 amide bonds. The van der Waals surface area contributed by atoms with Gasteiger partial charge < -0.3 is 15.5 Å². The molecule has 4 nitrogen and oxygen atoms in total. The van der Waals surface area contributed by atoms with Crippen LogP contribution in [-0.4, -0.2) is 38.1 Å². The Hall–Kier alpha value is -1.55. The van der Waals surface area contributed by atoms with Gasteiger partial charge in [-0.2, -0.15) is 0 Å². The zero-order valence-corrected chi connectivity index (χ0v) is 12.7. The van der Waals surface area contributed by atoms with E-state index >= 15 is 0 Å². The SMILES string of the molecule is CCC(C)NC(=O)c1ccc(N2CCNCC2)c(C)c1. The third-order valence-corrected chi connectivity index (χ3v) is 3.91. The molecule has 1 atom stereocenters. The Morgan fingerprint density at radius 1 is 1.40 bits per heavy atom. The van der Waals surface area contributed by atoms with Crippen molar-refractivity contribution >= 4 is 11.6 Å². The second kappa shape index (κ2) is 6.75. The summed E-state index contributed by atoms with van der Waals surface area (Å²) < 4.78 is 0. The van der Waals surface area contributed by atoms with Gasteiger partial charge in [0, 0.05) is 43.5 Å². The van der Waals surface area contributed by atoms with Gasteiger partial charge in [0.2, 0.25) is 0 Å². The molecule has 1 aromatic carbocycles. The number of piperazine rings is 1. The summed E-state index contributed by atoms with van der Waals surface area (Å²) in [5, 5.41) is 6.37. The van der Waals surface area contributed by atoms with Crippen molar-refractivity contribution in [1.82, 2.24) is 10.6 Å². The lowest BCUT2D eigenvalue weighted by Gasteiger charge is -2.30. The lowest BCUT2D eigenvalue weighted by atomic mass is 10.1. The van der Waals surface area contributed by atoms with Gasteiger partial charge in [-0.3, -0.25) is 4.79 Å². The van der Waals surface area contributed by atoms with Crippen LogP contribution in [0.5, 0.6) is 0 Å². The van der Waals surface area contributed by atoms with E-state index in [1.807, 2.05) is 19.1 Å². The van der Waals surface area contributed by atoms with Crippen LogP contribution in [0.3, 0.4) is 0 Å². The monoisotopic (exact) mass is 275 g/mol. The Balaban J connectivity index is 2.10. The highest BCUT2D eigenvalue weighted by Crippen LogP contribution is 2.21. The van der Waals surface area contributed by atoms with Crippen molar-refractivity contribution in [2.75, 3.05) is 31.1 Å². The molecule has 0 aliphatic carbocycles. The van der Waals surface area contributed by atoms with E-state index in [9.17, 15) is 4.79 Å². The fourth-order valence-electron chi connectivity index (χ4n) is 2.47. The van der Waals surface area contributed by atoms with Crippen LogP contribution >= 0.6 is 0 Å². The van der Waals surface area contributed by atoms with Gasteiger partial charge in [0.15, 0.2) is 0 Å². The third-order valence-electron chi connectivity index (χ3n) is 3.91. The molecule has 20 heavy (non-hydrogen) atoms. The molecule has 0 saturated carbocycles. The normalized spacial score (nSPS) is 16.9. The minimum atomic E-state index is 0.0225. The average molecular weight is 275 g/mol. The minimum absolute atomic E-state index is 0.0225. The number of rotatable bonds is 4. The van der Waals surface area contributed by atoms with Crippen molar-refractivity contribution in [3.8, 4) is 0 Å². The molecule has 1 aromatic rings. The van der Waals surface area contributed by atoms with Crippen LogP contribution in [0.25, 0.3) is 0 Å². The van der Waals surface area contributed by atoms with Crippen molar-refractivity contribution in [1.29, 1.82) is 0 Å². The Morgan fingerprint density at radius 3 is 2.70 bits per heavy atom. The van der Waals surface area contributed by atoms with Crippen LogP contribution in [0.1, 0.15) is 36.2 Å². The molecule has 1 heterocycles. The van der Waals surface area contributed by atoms with E-state index in [1.165, 1.54) is 11.3 Å². The lowest BCUT2D eigenvalue weighted by Crippen LogP contribution is -2.43. The first kappa shape index (κ1) is 14.9. The number of aryl methyl sites for hydroxylation is 1. The van der Waals surface area contributed by atoms with Crippen LogP contribution in [0.4, 0.5) is 5.69 Å². The highest BCUT2D eigenvalue weighted by Gasteiger charge is 2.15. The molecule has 1 aliphatic heterocycles. The van der Waals surface area contributed by atoms with Crippen LogP contribution in [0.2, 0.25) is 0 Å². The van der Waals surface area contributed by atoms with Gasteiger partial charge in [-0.15, -0.1) is 0 Å². The van der Waals surface area contributed by atoms with Crippen molar-refractivity contribution in [2.24, 2.45) is 0 Å². The summed E-state index contributed by atoms with van der Waals surface area (Å²) in [6.07, 6.45) is 0.948. The topological polar surface area (TPSA) is 44.4 Å². The second-order valence-corrected chi connectivity index (χ2v) is 5.52. The van der Waals surface area contributed by atoms with Crippen LogP contribution in [-0.2, 0) is 0 Å².